The van der Waals surface area contributed by atoms with E-state index in [0.29, 0.717) is 19.3 Å². The quantitative estimate of drug-likeness (QED) is 0.469. The Morgan fingerprint density at radius 1 is 1.21 bits per heavy atom. The molecule has 1 fully saturated rings. The van der Waals surface area contributed by atoms with Crippen LogP contribution in [0.5, 0.6) is 0 Å². The van der Waals surface area contributed by atoms with Gasteiger partial charge in [-0.2, -0.15) is 13.2 Å². The zero-order valence-corrected chi connectivity index (χ0v) is 11.3. The molecule has 0 aromatic heterocycles. The summed E-state index contributed by atoms with van der Waals surface area (Å²) in [5.41, 5.74) is 0. The summed E-state index contributed by atoms with van der Waals surface area (Å²) in [5, 5.41) is 0. The molecule has 0 amide bonds. The number of Topliss-reactive ketones (excluding diaryl/α,β-unsaturated/α-hetero) is 1. The average Bonchev–Trinajstić information content (AvgIpc) is 2.37. The minimum atomic E-state index is -4.14. The lowest BCUT2D eigenvalue weighted by molar-refractivity contribution is -0.186. The molecule has 0 aromatic carbocycles. The van der Waals surface area contributed by atoms with Crippen LogP contribution in [-0.2, 0) is 4.79 Å². The molecule has 2 unspecified atom stereocenters. The maximum absolute atomic E-state index is 12.6. The number of rotatable bonds is 7. The summed E-state index contributed by atoms with van der Waals surface area (Å²) in [7, 11) is 0. The van der Waals surface area contributed by atoms with Crippen molar-refractivity contribution in [2.24, 2.45) is 11.8 Å². The molecule has 4 heteroatoms. The highest BCUT2D eigenvalue weighted by molar-refractivity contribution is 5.81. The predicted octanol–water partition coefficient (Wildman–Crippen LogP) is 5.06. The molecule has 0 radical (unpaired) electrons. The number of allylic oxidation sites excluding steroid dienone is 1. The highest BCUT2D eigenvalue weighted by Gasteiger charge is 2.43. The Balaban J connectivity index is 2.30. The van der Waals surface area contributed by atoms with E-state index in [1.165, 1.54) is 0 Å². The molecule has 0 aliphatic heterocycles. The third-order valence-corrected chi connectivity index (χ3v) is 3.92. The summed E-state index contributed by atoms with van der Waals surface area (Å²) < 4.78 is 37.9. The van der Waals surface area contributed by atoms with Crippen LogP contribution in [0.2, 0.25) is 0 Å². The molecule has 1 saturated carbocycles. The first kappa shape index (κ1) is 16.3. The van der Waals surface area contributed by atoms with Crippen LogP contribution in [0.4, 0.5) is 13.2 Å². The Labute approximate surface area is 113 Å². The number of carbonyl (C=O) groups excluding carboxylic acids is 1. The molecule has 2 atom stereocenters. The number of hydrogen-bond acceptors (Lipinski definition) is 1. The normalized spacial score (nSPS) is 24.2. The van der Waals surface area contributed by atoms with Crippen LogP contribution >= 0.6 is 0 Å². The van der Waals surface area contributed by atoms with Gasteiger partial charge in [0.05, 0.1) is 5.92 Å². The topological polar surface area (TPSA) is 17.1 Å². The molecule has 0 spiro atoms. The summed E-state index contributed by atoms with van der Waals surface area (Å²) in [5.74, 6) is -1.59. The zero-order valence-electron chi connectivity index (χ0n) is 11.3. The Morgan fingerprint density at radius 2 is 1.95 bits per heavy atom. The van der Waals surface area contributed by atoms with Gasteiger partial charge in [-0.25, -0.2) is 0 Å². The number of hydrogen-bond donors (Lipinski definition) is 0. The van der Waals surface area contributed by atoms with Crippen LogP contribution < -0.4 is 0 Å². The fraction of sp³-hybridized carbons (Fsp3) is 0.800. The second-order valence-electron chi connectivity index (χ2n) is 5.46. The Hall–Kier alpha value is -0.800. The number of halogens is 3. The maximum Gasteiger partial charge on any atom is 0.391 e. The number of unbranched alkanes of at least 4 members (excludes halogenated alkanes) is 3. The molecular formula is C15H23F3O. The maximum atomic E-state index is 12.6. The van der Waals surface area contributed by atoms with Gasteiger partial charge in [0, 0.05) is 12.3 Å². The first-order chi connectivity index (χ1) is 8.95. The lowest BCUT2D eigenvalue weighted by Crippen LogP contribution is -2.31. The van der Waals surface area contributed by atoms with E-state index in [2.05, 4.69) is 6.58 Å². The number of ketones is 1. The molecule has 1 aliphatic carbocycles. The molecule has 0 aromatic rings. The molecule has 0 bridgehead atoms. The van der Waals surface area contributed by atoms with E-state index in [9.17, 15) is 18.0 Å². The van der Waals surface area contributed by atoms with Gasteiger partial charge in [-0.15, -0.1) is 6.58 Å². The van der Waals surface area contributed by atoms with Gasteiger partial charge in [0.25, 0.3) is 0 Å². The molecule has 0 saturated heterocycles. The van der Waals surface area contributed by atoms with Gasteiger partial charge in [-0.3, -0.25) is 4.79 Å². The summed E-state index contributed by atoms with van der Waals surface area (Å²) >= 11 is 0. The van der Waals surface area contributed by atoms with Crippen LogP contribution in [0.3, 0.4) is 0 Å². The lowest BCUT2D eigenvalue weighted by atomic mass is 9.78. The third-order valence-electron chi connectivity index (χ3n) is 3.92. The van der Waals surface area contributed by atoms with Gasteiger partial charge >= 0.3 is 6.18 Å². The molecule has 0 heterocycles. The summed E-state index contributed by atoms with van der Waals surface area (Å²) in [6.07, 6.45) is 3.19. The molecular weight excluding hydrogens is 253 g/mol. The van der Waals surface area contributed by atoms with E-state index in [-0.39, 0.29) is 24.5 Å². The standard InChI is InChI=1S/C15H23F3O/c1-2-3-4-5-6-10-14(19)12-8-7-9-13(11-12)15(16,17)18/h2,12-13H,1,3-11H2. The van der Waals surface area contributed by atoms with Gasteiger partial charge in [0.15, 0.2) is 0 Å². The van der Waals surface area contributed by atoms with E-state index >= 15 is 0 Å². The van der Waals surface area contributed by atoms with Crippen LogP contribution in [0, 0.1) is 11.8 Å². The minimum absolute atomic E-state index is 0.00892. The third kappa shape index (κ3) is 5.79. The van der Waals surface area contributed by atoms with E-state index in [0.717, 1.165) is 25.7 Å². The Kier molecular flexibility index (Phi) is 6.59. The first-order valence-corrected chi connectivity index (χ1v) is 7.15. The van der Waals surface area contributed by atoms with Crippen molar-refractivity contribution in [3.05, 3.63) is 12.7 Å². The zero-order chi connectivity index (χ0) is 14.3. The van der Waals surface area contributed by atoms with Crippen LogP contribution in [0.15, 0.2) is 12.7 Å². The molecule has 19 heavy (non-hydrogen) atoms. The second kappa shape index (κ2) is 7.71. The highest BCUT2D eigenvalue weighted by Crippen LogP contribution is 2.40. The van der Waals surface area contributed by atoms with Crippen LogP contribution in [0.25, 0.3) is 0 Å². The van der Waals surface area contributed by atoms with Crippen molar-refractivity contribution in [3.8, 4) is 0 Å². The van der Waals surface area contributed by atoms with E-state index in [1.807, 2.05) is 6.08 Å². The smallest absolute Gasteiger partial charge is 0.299 e. The molecule has 0 N–H and O–H groups in total. The SMILES string of the molecule is C=CCCCCCC(=O)C1CCCC(C(F)(F)F)C1. The second-order valence-corrected chi connectivity index (χ2v) is 5.46. The van der Waals surface area contributed by atoms with Crippen molar-refractivity contribution in [1.82, 2.24) is 0 Å². The van der Waals surface area contributed by atoms with Gasteiger partial charge in [0.1, 0.15) is 5.78 Å². The number of carbonyl (C=O) groups is 1. The van der Waals surface area contributed by atoms with E-state index in [4.69, 9.17) is 0 Å². The minimum Gasteiger partial charge on any atom is -0.299 e. The van der Waals surface area contributed by atoms with E-state index in [1.54, 1.807) is 0 Å². The van der Waals surface area contributed by atoms with Crippen molar-refractivity contribution in [3.63, 3.8) is 0 Å². The number of alkyl halides is 3. The van der Waals surface area contributed by atoms with Gasteiger partial charge in [-0.1, -0.05) is 18.9 Å². The summed E-state index contributed by atoms with van der Waals surface area (Å²) in [4.78, 5) is 11.9. The summed E-state index contributed by atoms with van der Waals surface area (Å²) in [6, 6.07) is 0. The largest absolute Gasteiger partial charge is 0.391 e. The monoisotopic (exact) mass is 276 g/mol. The van der Waals surface area contributed by atoms with Gasteiger partial charge < -0.3 is 0 Å². The molecule has 1 nitrogen and oxygen atoms in total. The Morgan fingerprint density at radius 3 is 2.58 bits per heavy atom. The van der Waals surface area contributed by atoms with Crippen molar-refractivity contribution in [2.45, 2.75) is 64.0 Å². The first-order valence-electron chi connectivity index (χ1n) is 7.15. The highest BCUT2D eigenvalue weighted by atomic mass is 19.4. The van der Waals surface area contributed by atoms with Crippen molar-refractivity contribution in [1.29, 1.82) is 0 Å². The fourth-order valence-corrected chi connectivity index (χ4v) is 2.75. The van der Waals surface area contributed by atoms with Gasteiger partial charge in [0.2, 0.25) is 0 Å². The average molecular weight is 276 g/mol. The van der Waals surface area contributed by atoms with Crippen LogP contribution in [0.1, 0.15) is 57.8 Å². The molecule has 1 aliphatic rings. The van der Waals surface area contributed by atoms with Gasteiger partial charge in [-0.05, 0) is 38.5 Å². The molecule has 1 rings (SSSR count). The van der Waals surface area contributed by atoms with Crippen LogP contribution in [-0.4, -0.2) is 12.0 Å². The Bertz CT molecular complexity index is 296. The van der Waals surface area contributed by atoms with Crippen molar-refractivity contribution < 1.29 is 18.0 Å². The predicted molar refractivity (Wildman–Crippen MR) is 69.8 cm³/mol. The summed E-state index contributed by atoms with van der Waals surface area (Å²) in [6.45, 7) is 3.62. The molecule has 110 valence electrons. The fourth-order valence-electron chi connectivity index (χ4n) is 2.75. The van der Waals surface area contributed by atoms with E-state index < -0.39 is 12.1 Å². The van der Waals surface area contributed by atoms with Crippen molar-refractivity contribution >= 4 is 5.78 Å². The lowest BCUT2D eigenvalue weighted by Gasteiger charge is -2.29. The van der Waals surface area contributed by atoms with Crippen molar-refractivity contribution in [2.75, 3.05) is 0 Å².